The van der Waals surface area contributed by atoms with Gasteiger partial charge in [-0.2, -0.15) is 0 Å². The molecule has 5 aromatic carbocycles. The molecule has 1 heterocycles. The summed E-state index contributed by atoms with van der Waals surface area (Å²) >= 11 is 0. The van der Waals surface area contributed by atoms with Crippen LogP contribution in [0.4, 0.5) is 11.4 Å². The van der Waals surface area contributed by atoms with Crippen LogP contribution >= 0.6 is 0 Å². The first kappa shape index (κ1) is 25.4. The summed E-state index contributed by atoms with van der Waals surface area (Å²) < 4.78 is 2.25. The van der Waals surface area contributed by atoms with Crippen LogP contribution in [-0.4, -0.2) is 4.57 Å². The summed E-state index contributed by atoms with van der Waals surface area (Å²) in [5.74, 6) is 0. The number of hydrogen-bond donors (Lipinski definition) is 1. The number of hydrogen-bond acceptors (Lipinski definition) is 1. The highest BCUT2D eigenvalue weighted by atomic mass is 14.9. The van der Waals surface area contributed by atoms with Gasteiger partial charge in [0.05, 0.1) is 0 Å². The Morgan fingerprint density at radius 3 is 1.71 bits per heavy atom. The Bertz CT molecular complexity index is 1640. The lowest BCUT2D eigenvalue weighted by atomic mass is 9.82. The molecule has 0 radical (unpaired) electrons. The number of benzene rings is 5. The van der Waals surface area contributed by atoms with Crippen LogP contribution in [-0.2, 0) is 12.5 Å². The van der Waals surface area contributed by atoms with Crippen molar-refractivity contribution in [3.05, 3.63) is 132 Å². The van der Waals surface area contributed by atoms with Crippen LogP contribution in [0.3, 0.4) is 0 Å². The Morgan fingerprint density at radius 2 is 1.05 bits per heavy atom. The summed E-state index contributed by atoms with van der Waals surface area (Å²) in [6, 6.07) is 42.8. The Kier molecular flexibility index (Phi) is 7.07. The van der Waals surface area contributed by atoms with Gasteiger partial charge in [-0.1, -0.05) is 113 Å². The molecule has 0 aliphatic heterocycles. The van der Waals surface area contributed by atoms with Crippen molar-refractivity contribution in [2.24, 2.45) is 7.05 Å². The van der Waals surface area contributed by atoms with E-state index in [-0.39, 0.29) is 5.41 Å². The zero-order valence-corrected chi connectivity index (χ0v) is 23.0. The minimum absolute atomic E-state index is 0.160. The third kappa shape index (κ3) is 4.48. The van der Waals surface area contributed by atoms with E-state index >= 15 is 0 Å². The number of nitrogens with zero attached hydrogens (tertiary/aromatic N) is 1. The van der Waals surface area contributed by atoms with E-state index in [1.54, 1.807) is 0 Å². The molecule has 1 aliphatic carbocycles. The number of rotatable bonds is 2. The van der Waals surface area contributed by atoms with Gasteiger partial charge in [-0.05, 0) is 58.7 Å². The highest BCUT2D eigenvalue weighted by Gasteiger charge is 2.34. The Morgan fingerprint density at radius 1 is 0.526 bits per heavy atom. The van der Waals surface area contributed by atoms with E-state index in [1.165, 1.54) is 44.1 Å². The van der Waals surface area contributed by atoms with Crippen LogP contribution in [0, 0.1) is 0 Å². The second kappa shape index (κ2) is 10.6. The fourth-order valence-corrected chi connectivity index (χ4v) is 5.60. The third-order valence-electron chi connectivity index (χ3n) is 7.47. The fourth-order valence-electron chi connectivity index (χ4n) is 5.60. The molecule has 0 saturated carbocycles. The number of anilines is 2. The minimum Gasteiger partial charge on any atom is -0.356 e. The maximum atomic E-state index is 3.46. The Balaban J connectivity index is 0.000000153. The van der Waals surface area contributed by atoms with Crippen molar-refractivity contribution in [2.75, 3.05) is 5.32 Å². The van der Waals surface area contributed by atoms with Gasteiger partial charge in [-0.15, -0.1) is 0 Å². The quantitative estimate of drug-likeness (QED) is 0.252. The topological polar surface area (TPSA) is 17.0 Å². The summed E-state index contributed by atoms with van der Waals surface area (Å²) in [6.45, 7) is 8.61. The molecule has 0 amide bonds. The van der Waals surface area contributed by atoms with Crippen molar-refractivity contribution in [3.8, 4) is 11.1 Å². The summed E-state index contributed by atoms with van der Waals surface area (Å²) in [7, 11) is 2.12. The fraction of sp³-hybridized carbons (Fsp3) is 0.167. The first-order chi connectivity index (χ1) is 18.5. The number of aromatic nitrogens is 1. The van der Waals surface area contributed by atoms with Crippen LogP contribution < -0.4 is 5.32 Å². The SMILES string of the molecule is CC.CC1(C)c2ccccc2-c2ccccc21.Cn1c2ccccc2c2cc(Nc3ccccc3)ccc21. The summed E-state index contributed by atoms with van der Waals surface area (Å²) in [5.41, 5.74) is 10.6. The summed E-state index contributed by atoms with van der Waals surface area (Å²) in [6.07, 6.45) is 0. The van der Waals surface area contributed by atoms with Crippen LogP contribution in [0.2, 0.25) is 0 Å². The van der Waals surface area contributed by atoms with Crippen molar-refractivity contribution < 1.29 is 0 Å². The standard InChI is InChI=1S/C19H16N2.C15H14.C2H6/c1-21-18-10-6-5-9-16(18)17-13-15(11-12-19(17)21)20-14-7-3-2-4-8-14;1-15(2)13-9-5-3-7-11(13)12-8-4-6-10-14(12)15;1-2/h2-13,20H,1H3;3-10H,1-2H3;1-2H3. The predicted octanol–water partition coefficient (Wildman–Crippen LogP) is 10.1. The summed E-state index contributed by atoms with van der Waals surface area (Å²) in [5, 5.41) is 6.04. The molecule has 0 bridgehead atoms. The van der Waals surface area contributed by atoms with E-state index in [1.807, 2.05) is 32.0 Å². The van der Waals surface area contributed by atoms with Crippen LogP contribution in [0.15, 0.2) is 121 Å². The molecule has 2 heteroatoms. The van der Waals surface area contributed by atoms with E-state index in [0.29, 0.717) is 0 Å². The highest BCUT2D eigenvalue weighted by Crippen LogP contribution is 2.48. The van der Waals surface area contributed by atoms with E-state index in [2.05, 4.69) is 134 Å². The van der Waals surface area contributed by atoms with Gasteiger partial charge in [0.2, 0.25) is 0 Å². The first-order valence-electron chi connectivity index (χ1n) is 13.5. The zero-order chi connectivity index (χ0) is 26.7. The van der Waals surface area contributed by atoms with Gasteiger partial charge >= 0.3 is 0 Å². The molecule has 6 aromatic rings. The minimum atomic E-state index is 0.160. The lowest BCUT2D eigenvalue weighted by molar-refractivity contribution is 0.660. The van der Waals surface area contributed by atoms with Gasteiger partial charge in [0.25, 0.3) is 0 Å². The molecule has 1 aliphatic rings. The second-order valence-corrected chi connectivity index (χ2v) is 10.0. The molecule has 0 unspecified atom stereocenters. The number of para-hydroxylation sites is 2. The molecule has 190 valence electrons. The zero-order valence-electron chi connectivity index (χ0n) is 23.0. The van der Waals surface area contributed by atoms with Gasteiger partial charge in [-0.25, -0.2) is 0 Å². The second-order valence-electron chi connectivity index (χ2n) is 10.0. The Hall–Kier alpha value is -4.30. The average molecular weight is 497 g/mol. The van der Waals surface area contributed by atoms with Crippen molar-refractivity contribution in [2.45, 2.75) is 33.1 Å². The smallest absolute Gasteiger partial charge is 0.0490 e. The molecule has 7 rings (SSSR count). The molecular weight excluding hydrogens is 460 g/mol. The number of aryl methyl sites for hydroxylation is 1. The van der Waals surface area contributed by atoms with Crippen LogP contribution in [0.25, 0.3) is 32.9 Å². The maximum Gasteiger partial charge on any atom is 0.0490 e. The lowest BCUT2D eigenvalue weighted by Crippen LogP contribution is -2.14. The van der Waals surface area contributed by atoms with Gasteiger partial charge in [-0.3, -0.25) is 0 Å². The predicted molar refractivity (Wildman–Crippen MR) is 166 cm³/mol. The number of nitrogens with one attached hydrogen (secondary N) is 1. The monoisotopic (exact) mass is 496 g/mol. The van der Waals surface area contributed by atoms with Crippen molar-refractivity contribution in [1.82, 2.24) is 4.57 Å². The van der Waals surface area contributed by atoms with Crippen LogP contribution in [0.5, 0.6) is 0 Å². The average Bonchev–Trinajstić information content (AvgIpc) is 3.39. The number of fused-ring (bicyclic) bond motifs is 6. The largest absolute Gasteiger partial charge is 0.356 e. The van der Waals surface area contributed by atoms with Crippen LogP contribution in [0.1, 0.15) is 38.8 Å². The summed E-state index contributed by atoms with van der Waals surface area (Å²) in [4.78, 5) is 0. The van der Waals surface area contributed by atoms with E-state index in [4.69, 9.17) is 0 Å². The van der Waals surface area contributed by atoms with E-state index in [0.717, 1.165) is 11.4 Å². The molecule has 38 heavy (non-hydrogen) atoms. The lowest BCUT2D eigenvalue weighted by Gasteiger charge is -2.20. The Labute approximate surface area is 226 Å². The van der Waals surface area contributed by atoms with Gasteiger partial charge in [0.1, 0.15) is 0 Å². The molecule has 0 saturated heterocycles. The molecule has 0 spiro atoms. The molecule has 0 fully saturated rings. The molecule has 1 aromatic heterocycles. The van der Waals surface area contributed by atoms with Crippen molar-refractivity contribution in [3.63, 3.8) is 0 Å². The maximum absolute atomic E-state index is 3.46. The molecule has 2 nitrogen and oxygen atoms in total. The molecule has 1 N–H and O–H groups in total. The van der Waals surface area contributed by atoms with E-state index in [9.17, 15) is 0 Å². The van der Waals surface area contributed by atoms with E-state index < -0.39 is 0 Å². The third-order valence-corrected chi connectivity index (χ3v) is 7.47. The first-order valence-corrected chi connectivity index (χ1v) is 13.5. The van der Waals surface area contributed by atoms with Crippen molar-refractivity contribution >= 4 is 33.2 Å². The normalized spacial score (nSPS) is 12.6. The molecular formula is C36H36N2. The van der Waals surface area contributed by atoms with Crippen molar-refractivity contribution in [1.29, 1.82) is 0 Å². The van der Waals surface area contributed by atoms with Gasteiger partial charge < -0.3 is 9.88 Å². The van der Waals surface area contributed by atoms with Gasteiger partial charge in [0, 0.05) is 45.6 Å². The molecule has 0 atom stereocenters. The van der Waals surface area contributed by atoms with Gasteiger partial charge in [0.15, 0.2) is 0 Å². The highest BCUT2D eigenvalue weighted by molar-refractivity contribution is 6.09.